The van der Waals surface area contributed by atoms with Crippen LogP contribution in [-0.2, 0) is 4.84 Å². The number of hydrazine groups is 1. The fraction of sp³-hybridized carbons (Fsp3) is 1.00. The van der Waals surface area contributed by atoms with Crippen molar-refractivity contribution < 1.29 is 4.84 Å². The zero-order valence-corrected chi connectivity index (χ0v) is 19.3. The van der Waals surface area contributed by atoms with Crippen LogP contribution in [-0.4, -0.2) is 102 Å². The van der Waals surface area contributed by atoms with Gasteiger partial charge in [0.2, 0.25) is 0 Å². The van der Waals surface area contributed by atoms with Gasteiger partial charge >= 0.3 is 0 Å². The van der Waals surface area contributed by atoms with Crippen LogP contribution in [0.2, 0.25) is 0 Å². The predicted molar refractivity (Wildman–Crippen MR) is 119 cm³/mol. The lowest BCUT2D eigenvalue weighted by atomic mass is 9.89. The van der Waals surface area contributed by atoms with Gasteiger partial charge in [-0.2, -0.15) is 5.01 Å². The van der Waals surface area contributed by atoms with Crippen LogP contribution in [0.3, 0.4) is 0 Å². The SMILES string of the molecule is CC1(N2CCCC2)NCCN(N2CCCCO2)C1(N1CCCCC1)N1CCCCC1. The Kier molecular flexibility index (Phi) is 6.68. The molecular formula is C23H44N6O. The molecule has 7 nitrogen and oxygen atoms in total. The maximum absolute atomic E-state index is 6.37. The molecule has 0 radical (unpaired) electrons. The average Bonchev–Trinajstić information content (AvgIpc) is 3.37. The zero-order valence-electron chi connectivity index (χ0n) is 19.3. The molecule has 1 N–H and O–H groups in total. The first-order valence-corrected chi connectivity index (χ1v) is 12.9. The van der Waals surface area contributed by atoms with Crippen LogP contribution < -0.4 is 5.32 Å². The van der Waals surface area contributed by atoms with Gasteiger partial charge in [0.25, 0.3) is 0 Å². The molecule has 0 aromatic heterocycles. The Balaban J connectivity index is 1.62. The Hall–Kier alpha value is -0.280. The van der Waals surface area contributed by atoms with E-state index in [4.69, 9.17) is 4.84 Å². The summed E-state index contributed by atoms with van der Waals surface area (Å²) in [6, 6.07) is 0. The number of nitrogens with one attached hydrogen (secondary N) is 1. The fourth-order valence-corrected chi connectivity index (χ4v) is 7.01. The first-order chi connectivity index (χ1) is 14.8. The molecule has 1 unspecified atom stereocenters. The van der Waals surface area contributed by atoms with Gasteiger partial charge in [-0.05, 0) is 58.3 Å². The third-order valence-corrected chi connectivity index (χ3v) is 8.39. The molecule has 0 amide bonds. The van der Waals surface area contributed by atoms with E-state index in [9.17, 15) is 0 Å². The summed E-state index contributed by atoms with van der Waals surface area (Å²) in [5, 5.41) is 9.10. The smallest absolute Gasteiger partial charge is 0.178 e. The maximum Gasteiger partial charge on any atom is 0.178 e. The van der Waals surface area contributed by atoms with Gasteiger partial charge in [-0.3, -0.25) is 24.9 Å². The largest absolute Gasteiger partial charge is 0.294 e. The first kappa shape index (κ1) is 21.6. The van der Waals surface area contributed by atoms with E-state index in [2.05, 4.69) is 37.1 Å². The van der Waals surface area contributed by atoms with E-state index in [1.807, 2.05) is 0 Å². The van der Waals surface area contributed by atoms with E-state index in [-0.39, 0.29) is 11.4 Å². The second-order valence-electron chi connectivity index (χ2n) is 10.2. The number of hydrogen-bond donors (Lipinski definition) is 1. The lowest BCUT2D eigenvalue weighted by Crippen LogP contribution is -2.91. The minimum Gasteiger partial charge on any atom is -0.294 e. The molecule has 0 aromatic rings. The molecule has 5 heterocycles. The van der Waals surface area contributed by atoms with Gasteiger partial charge in [0.1, 0.15) is 5.66 Å². The summed E-state index contributed by atoms with van der Waals surface area (Å²) in [5.41, 5.74) is -0.1000. The number of likely N-dealkylation sites (tertiary alicyclic amines) is 3. The summed E-state index contributed by atoms with van der Waals surface area (Å²) < 4.78 is 0. The number of rotatable bonds is 4. The van der Waals surface area contributed by atoms with Gasteiger partial charge in [0.15, 0.2) is 5.79 Å². The third-order valence-electron chi connectivity index (χ3n) is 8.39. The fourth-order valence-electron chi connectivity index (χ4n) is 7.01. The van der Waals surface area contributed by atoms with Crippen molar-refractivity contribution in [3.8, 4) is 0 Å². The summed E-state index contributed by atoms with van der Waals surface area (Å²) in [4.78, 5) is 14.9. The van der Waals surface area contributed by atoms with Gasteiger partial charge in [-0.1, -0.05) is 12.8 Å². The Bertz CT molecular complexity index is 534. The van der Waals surface area contributed by atoms with E-state index in [1.165, 1.54) is 103 Å². The Morgan fingerprint density at radius 1 is 0.600 bits per heavy atom. The summed E-state index contributed by atoms with van der Waals surface area (Å²) in [6.07, 6.45) is 13.1. The van der Waals surface area contributed by atoms with Crippen LogP contribution in [0.5, 0.6) is 0 Å². The lowest BCUT2D eigenvalue weighted by molar-refractivity contribution is -0.407. The van der Waals surface area contributed by atoms with E-state index in [0.717, 1.165) is 26.2 Å². The van der Waals surface area contributed by atoms with Crippen LogP contribution in [0.15, 0.2) is 0 Å². The summed E-state index contributed by atoms with van der Waals surface area (Å²) in [7, 11) is 0. The van der Waals surface area contributed by atoms with Crippen molar-refractivity contribution in [1.82, 2.24) is 30.2 Å². The van der Waals surface area contributed by atoms with Crippen molar-refractivity contribution in [2.75, 3.05) is 65.5 Å². The standard InChI is InChI=1S/C23H44N6O/c1-22(25-13-8-9-14-25)23(26-15-4-2-5-16-26,27-17-6-3-7-18-27)28(20-12-24-22)29-19-10-11-21-30-29/h24H,2-21H2,1H3. The Morgan fingerprint density at radius 3 is 1.70 bits per heavy atom. The molecule has 5 fully saturated rings. The molecule has 5 rings (SSSR count). The molecule has 0 saturated carbocycles. The van der Waals surface area contributed by atoms with E-state index in [1.54, 1.807) is 0 Å². The predicted octanol–water partition coefficient (Wildman–Crippen LogP) is 2.27. The molecule has 7 heteroatoms. The summed E-state index contributed by atoms with van der Waals surface area (Å²) in [6.45, 7) is 13.7. The highest BCUT2D eigenvalue weighted by Crippen LogP contribution is 2.45. The van der Waals surface area contributed by atoms with Crippen molar-refractivity contribution in [3.05, 3.63) is 0 Å². The topological polar surface area (TPSA) is 37.5 Å². The van der Waals surface area contributed by atoms with E-state index >= 15 is 0 Å². The summed E-state index contributed by atoms with van der Waals surface area (Å²) >= 11 is 0. The summed E-state index contributed by atoms with van der Waals surface area (Å²) in [5.74, 6) is -0.173. The quantitative estimate of drug-likeness (QED) is 0.748. The highest BCUT2D eigenvalue weighted by molar-refractivity contribution is 5.11. The number of piperidine rings is 2. The Morgan fingerprint density at radius 2 is 1.13 bits per heavy atom. The van der Waals surface area contributed by atoms with Gasteiger partial charge in [-0.25, -0.2) is 0 Å². The molecule has 5 saturated heterocycles. The van der Waals surface area contributed by atoms with E-state index in [0.29, 0.717) is 0 Å². The van der Waals surface area contributed by atoms with Crippen LogP contribution in [0.4, 0.5) is 0 Å². The van der Waals surface area contributed by atoms with Crippen LogP contribution in [0.1, 0.15) is 71.1 Å². The molecular weight excluding hydrogens is 376 g/mol. The van der Waals surface area contributed by atoms with Gasteiger partial charge in [-0.15, -0.1) is 5.17 Å². The minimum atomic E-state index is -0.173. The molecule has 0 bridgehead atoms. The molecule has 30 heavy (non-hydrogen) atoms. The van der Waals surface area contributed by atoms with Crippen molar-refractivity contribution in [1.29, 1.82) is 0 Å². The zero-order chi connectivity index (χ0) is 20.4. The van der Waals surface area contributed by atoms with Crippen molar-refractivity contribution >= 4 is 0 Å². The number of piperazine rings is 1. The average molecular weight is 421 g/mol. The van der Waals surface area contributed by atoms with Gasteiger partial charge < -0.3 is 0 Å². The molecule has 1 atom stereocenters. The van der Waals surface area contributed by atoms with Crippen molar-refractivity contribution in [2.24, 2.45) is 0 Å². The number of hydrogen-bond acceptors (Lipinski definition) is 7. The second-order valence-corrected chi connectivity index (χ2v) is 10.2. The molecule has 0 spiro atoms. The first-order valence-electron chi connectivity index (χ1n) is 12.9. The van der Waals surface area contributed by atoms with E-state index < -0.39 is 0 Å². The lowest BCUT2D eigenvalue weighted by Gasteiger charge is -2.69. The van der Waals surface area contributed by atoms with Crippen molar-refractivity contribution in [3.63, 3.8) is 0 Å². The van der Waals surface area contributed by atoms with Crippen LogP contribution in [0, 0.1) is 0 Å². The molecule has 172 valence electrons. The highest BCUT2D eigenvalue weighted by Gasteiger charge is 2.65. The van der Waals surface area contributed by atoms with Gasteiger partial charge in [0, 0.05) is 58.9 Å². The van der Waals surface area contributed by atoms with Gasteiger partial charge in [0.05, 0.1) is 6.61 Å². The maximum atomic E-state index is 6.37. The van der Waals surface area contributed by atoms with Crippen LogP contribution in [0.25, 0.3) is 0 Å². The number of hydroxylamine groups is 1. The molecule has 0 aliphatic carbocycles. The number of nitrogens with zero attached hydrogens (tertiary/aromatic N) is 5. The minimum absolute atomic E-state index is 0.1000. The normalized spacial score (nSPS) is 36.3. The molecule has 5 aliphatic rings. The third kappa shape index (κ3) is 3.54. The second kappa shape index (κ2) is 9.30. The molecule has 0 aromatic carbocycles. The monoisotopic (exact) mass is 420 g/mol. The van der Waals surface area contributed by atoms with Crippen LogP contribution >= 0.6 is 0 Å². The van der Waals surface area contributed by atoms with Crippen molar-refractivity contribution in [2.45, 2.75) is 82.6 Å². The molecule has 5 aliphatic heterocycles. The Labute approximate surface area is 183 Å². The highest BCUT2D eigenvalue weighted by atomic mass is 16.7.